The Morgan fingerprint density at radius 3 is 2.28 bits per heavy atom. The molecule has 0 aliphatic carbocycles. The van der Waals surface area contributed by atoms with Gasteiger partial charge in [-0.05, 0) is 37.0 Å². The van der Waals surface area contributed by atoms with Crippen molar-refractivity contribution in [1.82, 2.24) is 0 Å². The van der Waals surface area contributed by atoms with Crippen molar-refractivity contribution in [1.29, 1.82) is 0 Å². The van der Waals surface area contributed by atoms with E-state index in [2.05, 4.69) is 19.2 Å². The molecule has 1 amide bonds. The van der Waals surface area contributed by atoms with Gasteiger partial charge < -0.3 is 10.1 Å². The number of carbonyl (C=O) groups excluding carboxylic acids is 2. The zero-order chi connectivity index (χ0) is 18.4. The Labute approximate surface area is 149 Å². The Morgan fingerprint density at radius 2 is 1.64 bits per heavy atom. The van der Waals surface area contributed by atoms with Crippen molar-refractivity contribution in [2.45, 2.75) is 46.1 Å². The highest BCUT2D eigenvalue weighted by Crippen LogP contribution is 2.23. The maximum absolute atomic E-state index is 12.3. The molecule has 0 heterocycles. The molecule has 0 bridgehead atoms. The van der Waals surface area contributed by atoms with E-state index in [4.69, 9.17) is 4.74 Å². The molecule has 0 aliphatic rings. The SMILES string of the molecule is Cc1ccc(CC(=O)O[C@H](C)C(=O)Nc2ccccc2C(C)C)cc1. The molecule has 0 radical (unpaired) electrons. The van der Waals surface area contributed by atoms with E-state index in [1.807, 2.05) is 55.5 Å². The molecule has 0 aliphatic heterocycles. The molecule has 25 heavy (non-hydrogen) atoms. The number of rotatable bonds is 6. The zero-order valence-electron chi connectivity index (χ0n) is 15.2. The predicted molar refractivity (Wildman–Crippen MR) is 99.6 cm³/mol. The number of amides is 1. The molecule has 4 nitrogen and oxygen atoms in total. The molecule has 1 N–H and O–H groups in total. The lowest BCUT2D eigenvalue weighted by Crippen LogP contribution is -2.30. The van der Waals surface area contributed by atoms with Crippen LogP contribution in [0.2, 0.25) is 0 Å². The first-order chi connectivity index (χ1) is 11.9. The van der Waals surface area contributed by atoms with Gasteiger partial charge in [-0.1, -0.05) is 61.9 Å². The summed E-state index contributed by atoms with van der Waals surface area (Å²) in [6.07, 6.45) is -0.696. The lowest BCUT2D eigenvalue weighted by Gasteiger charge is -2.17. The number of anilines is 1. The fourth-order valence-corrected chi connectivity index (χ4v) is 2.51. The van der Waals surface area contributed by atoms with Crippen molar-refractivity contribution in [2.24, 2.45) is 0 Å². The summed E-state index contributed by atoms with van der Waals surface area (Å²) in [6.45, 7) is 7.70. The number of carbonyl (C=O) groups is 2. The standard InChI is InChI=1S/C21H25NO3/c1-14(2)18-7-5-6-8-19(18)22-21(24)16(4)25-20(23)13-17-11-9-15(3)10-12-17/h5-12,14,16H,13H2,1-4H3,(H,22,24)/t16-/m1/s1. The minimum atomic E-state index is -0.849. The Hall–Kier alpha value is -2.62. The minimum Gasteiger partial charge on any atom is -0.452 e. The number of nitrogens with one attached hydrogen (secondary N) is 1. The normalized spacial score (nSPS) is 11.9. The largest absolute Gasteiger partial charge is 0.452 e. The molecule has 0 fully saturated rings. The molecular formula is C21H25NO3. The number of ether oxygens (including phenoxy) is 1. The molecule has 0 spiro atoms. The topological polar surface area (TPSA) is 55.4 Å². The number of benzene rings is 2. The summed E-state index contributed by atoms with van der Waals surface area (Å²) in [5.41, 5.74) is 3.81. The fourth-order valence-electron chi connectivity index (χ4n) is 2.51. The van der Waals surface area contributed by atoms with Crippen molar-refractivity contribution in [3.05, 3.63) is 65.2 Å². The van der Waals surface area contributed by atoms with Gasteiger partial charge in [0.15, 0.2) is 6.10 Å². The first kappa shape index (κ1) is 18.7. The summed E-state index contributed by atoms with van der Waals surface area (Å²) in [4.78, 5) is 24.4. The van der Waals surface area contributed by atoms with Gasteiger partial charge in [0, 0.05) is 5.69 Å². The number of hydrogen-bond acceptors (Lipinski definition) is 3. The molecule has 4 heteroatoms. The van der Waals surface area contributed by atoms with E-state index in [0.29, 0.717) is 0 Å². The highest BCUT2D eigenvalue weighted by molar-refractivity contribution is 5.95. The molecule has 1 atom stereocenters. The quantitative estimate of drug-likeness (QED) is 0.801. The van der Waals surface area contributed by atoms with Gasteiger partial charge in [-0.3, -0.25) is 9.59 Å². The summed E-state index contributed by atoms with van der Waals surface area (Å²) < 4.78 is 5.27. The van der Waals surface area contributed by atoms with Crippen molar-refractivity contribution >= 4 is 17.6 Å². The molecule has 0 saturated carbocycles. The maximum Gasteiger partial charge on any atom is 0.311 e. The third-order valence-corrected chi connectivity index (χ3v) is 3.99. The van der Waals surface area contributed by atoms with E-state index < -0.39 is 12.1 Å². The first-order valence-corrected chi connectivity index (χ1v) is 8.51. The zero-order valence-corrected chi connectivity index (χ0v) is 15.2. The number of para-hydroxylation sites is 1. The van der Waals surface area contributed by atoms with Crippen molar-refractivity contribution in [3.63, 3.8) is 0 Å². The van der Waals surface area contributed by atoms with E-state index in [1.54, 1.807) is 6.92 Å². The number of aryl methyl sites for hydroxylation is 1. The van der Waals surface area contributed by atoms with E-state index in [-0.39, 0.29) is 18.2 Å². The van der Waals surface area contributed by atoms with Crippen LogP contribution in [0.15, 0.2) is 48.5 Å². The van der Waals surface area contributed by atoms with Gasteiger partial charge in [-0.15, -0.1) is 0 Å². The van der Waals surface area contributed by atoms with Gasteiger partial charge in [0.05, 0.1) is 6.42 Å². The molecule has 0 saturated heterocycles. The van der Waals surface area contributed by atoms with Gasteiger partial charge in [0.2, 0.25) is 0 Å². The highest BCUT2D eigenvalue weighted by atomic mass is 16.5. The maximum atomic E-state index is 12.3. The fraction of sp³-hybridized carbons (Fsp3) is 0.333. The summed E-state index contributed by atoms with van der Waals surface area (Å²) in [7, 11) is 0. The van der Waals surface area contributed by atoms with Crippen molar-refractivity contribution in [2.75, 3.05) is 5.32 Å². The summed E-state index contributed by atoms with van der Waals surface area (Å²) in [6, 6.07) is 15.3. The lowest BCUT2D eigenvalue weighted by molar-refractivity contribution is -0.152. The number of esters is 1. The summed E-state index contributed by atoms with van der Waals surface area (Å²) >= 11 is 0. The van der Waals surface area contributed by atoms with E-state index in [1.165, 1.54) is 0 Å². The van der Waals surface area contributed by atoms with Gasteiger partial charge >= 0.3 is 5.97 Å². The van der Waals surface area contributed by atoms with Crippen LogP contribution in [0.4, 0.5) is 5.69 Å². The second-order valence-electron chi connectivity index (χ2n) is 6.53. The molecule has 2 aromatic rings. The van der Waals surface area contributed by atoms with E-state index in [9.17, 15) is 9.59 Å². The van der Waals surface area contributed by atoms with Crippen LogP contribution in [0, 0.1) is 6.92 Å². The van der Waals surface area contributed by atoms with Crippen LogP contribution >= 0.6 is 0 Å². The average Bonchev–Trinajstić information content (AvgIpc) is 2.57. The highest BCUT2D eigenvalue weighted by Gasteiger charge is 2.19. The van der Waals surface area contributed by atoms with Crippen LogP contribution in [-0.4, -0.2) is 18.0 Å². The summed E-state index contributed by atoms with van der Waals surface area (Å²) in [5.74, 6) is -0.454. The first-order valence-electron chi connectivity index (χ1n) is 8.51. The summed E-state index contributed by atoms with van der Waals surface area (Å²) in [5, 5.41) is 2.85. The van der Waals surface area contributed by atoms with E-state index >= 15 is 0 Å². The predicted octanol–water partition coefficient (Wildman–Crippen LogP) is 4.23. The molecular weight excluding hydrogens is 314 g/mol. The van der Waals surface area contributed by atoms with Gasteiger partial charge in [0.25, 0.3) is 5.91 Å². The van der Waals surface area contributed by atoms with Crippen LogP contribution in [0.25, 0.3) is 0 Å². The van der Waals surface area contributed by atoms with Crippen LogP contribution in [0.3, 0.4) is 0 Å². The third-order valence-electron chi connectivity index (χ3n) is 3.99. The Morgan fingerprint density at radius 1 is 1.00 bits per heavy atom. The Bertz CT molecular complexity index is 735. The second kappa shape index (κ2) is 8.47. The Balaban J connectivity index is 1.94. The van der Waals surface area contributed by atoms with Crippen LogP contribution in [-0.2, 0) is 20.7 Å². The minimum absolute atomic E-state index is 0.153. The van der Waals surface area contributed by atoms with Gasteiger partial charge in [-0.2, -0.15) is 0 Å². The number of hydrogen-bond donors (Lipinski definition) is 1. The molecule has 2 aromatic carbocycles. The van der Waals surface area contributed by atoms with E-state index in [0.717, 1.165) is 22.4 Å². The monoisotopic (exact) mass is 339 g/mol. The van der Waals surface area contributed by atoms with Crippen LogP contribution in [0.1, 0.15) is 43.4 Å². The third kappa shape index (κ3) is 5.45. The molecule has 0 aromatic heterocycles. The molecule has 0 unspecified atom stereocenters. The molecule has 132 valence electrons. The van der Waals surface area contributed by atoms with Gasteiger partial charge in [-0.25, -0.2) is 0 Å². The second-order valence-corrected chi connectivity index (χ2v) is 6.53. The lowest BCUT2D eigenvalue weighted by atomic mass is 10.0. The van der Waals surface area contributed by atoms with Crippen LogP contribution < -0.4 is 5.32 Å². The van der Waals surface area contributed by atoms with Crippen molar-refractivity contribution < 1.29 is 14.3 Å². The van der Waals surface area contributed by atoms with Crippen LogP contribution in [0.5, 0.6) is 0 Å². The molecule has 2 rings (SSSR count). The average molecular weight is 339 g/mol. The Kier molecular flexibility index (Phi) is 6.34. The smallest absolute Gasteiger partial charge is 0.311 e. The van der Waals surface area contributed by atoms with Crippen molar-refractivity contribution in [3.8, 4) is 0 Å². The van der Waals surface area contributed by atoms with Gasteiger partial charge in [0.1, 0.15) is 0 Å².